The summed E-state index contributed by atoms with van der Waals surface area (Å²) in [5.74, 6) is -1.60. The van der Waals surface area contributed by atoms with E-state index >= 15 is 0 Å². The van der Waals surface area contributed by atoms with E-state index in [0.29, 0.717) is 5.46 Å². The van der Waals surface area contributed by atoms with Crippen molar-refractivity contribution in [3.63, 3.8) is 0 Å². The summed E-state index contributed by atoms with van der Waals surface area (Å²) in [5, 5.41) is 0. The number of benzene rings is 1. The second-order valence-corrected chi connectivity index (χ2v) is 6.05. The molecule has 0 radical (unpaired) electrons. The first-order valence-corrected chi connectivity index (χ1v) is 6.62. The van der Waals surface area contributed by atoms with Crippen LogP contribution in [0.5, 0.6) is 0 Å². The number of nitrogens with two attached hydrogens (primary N) is 1. The Morgan fingerprint density at radius 1 is 1.24 bits per heavy atom. The predicted octanol–water partition coefficient (Wildman–Crippen LogP) is 1.49. The van der Waals surface area contributed by atoms with Crippen LogP contribution in [0.4, 0.5) is 10.1 Å². The van der Waals surface area contributed by atoms with E-state index in [0.717, 1.165) is 0 Å². The van der Waals surface area contributed by atoms with Crippen LogP contribution in [0, 0.1) is 5.82 Å². The van der Waals surface area contributed by atoms with Crippen molar-refractivity contribution in [3.8, 4) is 0 Å². The van der Waals surface area contributed by atoms with Crippen molar-refractivity contribution in [1.82, 2.24) is 0 Å². The molecule has 0 aromatic heterocycles. The van der Waals surface area contributed by atoms with E-state index in [2.05, 4.69) is 4.74 Å². The Hall–Kier alpha value is -1.60. The molecule has 114 valence electrons. The van der Waals surface area contributed by atoms with Crippen LogP contribution in [-0.2, 0) is 14.0 Å². The Balaban J connectivity index is 2.43. The third kappa shape index (κ3) is 2.63. The van der Waals surface area contributed by atoms with Crippen LogP contribution in [0.2, 0.25) is 0 Å². The summed E-state index contributed by atoms with van der Waals surface area (Å²) in [4.78, 5) is 11.6. The first-order chi connectivity index (χ1) is 9.59. The van der Waals surface area contributed by atoms with E-state index in [1.165, 1.54) is 19.2 Å². The summed E-state index contributed by atoms with van der Waals surface area (Å²) in [6, 6.07) is 2.75. The zero-order valence-electron chi connectivity index (χ0n) is 12.8. The van der Waals surface area contributed by atoms with Crippen LogP contribution in [-0.4, -0.2) is 31.4 Å². The average molecular weight is 295 g/mol. The summed E-state index contributed by atoms with van der Waals surface area (Å²) in [6.07, 6.45) is 0. The lowest BCUT2D eigenvalue weighted by Gasteiger charge is -2.32. The monoisotopic (exact) mass is 295 g/mol. The van der Waals surface area contributed by atoms with E-state index in [1.807, 2.05) is 27.7 Å². The second kappa shape index (κ2) is 5.00. The summed E-state index contributed by atoms with van der Waals surface area (Å²) in [6.45, 7) is 7.62. The number of hydrogen-bond donors (Lipinski definition) is 1. The van der Waals surface area contributed by atoms with Crippen molar-refractivity contribution in [1.29, 1.82) is 0 Å². The number of methoxy groups -OCH3 is 1. The van der Waals surface area contributed by atoms with Crippen LogP contribution in [0.3, 0.4) is 0 Å². The highest BCUT2D eigenvalue weighted by Crippen LogP contribution is 2.36. The maximum absolute atomic E-state index is 13.9. The number of anilines is 1. The van der Waals surface area contributed by atoms with Gasteiger partial charge in [-0.3, -0.25) is 0 Å². The lowest BCUT2D eigenvalue weighted by atomic mass is 9.78. The Morgan fingerprint density at radius 2 is 1.76 bits per heavy atom. The molecule has 2 rings (SSSR count). The Labute approximate surface area is 123 Å². The Morgan fingerprint density at radius 3 is 2.24 bits per heavy atom. The molecule has 0 bridgehead atoms. The number of carbonyl (C=O) groups is 1. The molecule has 1 heterocycles. The van der Waals surface area contributed by atoms with Gasteiger partial charge in [-0.2, -0.15) is 0 Å². The van der Waals surface area contributed by atoms with Crippen molar-refractivity contribution < 1.29 is 23.2 Å². The Kier molecular flexibility index (Phi) is 3.76. The van der Waals surface area contributed by atoms with Crippen LogP contribution in [0.25, 0.3) is 0 Å². The van der Waals surface area contributed by atoms with E-state index in [4.69, 9.17) is 15.0 Å². The SMILES string of the molecule is COC(=O)c1cc(B2OC(C)(C)C(C)(C)O2)cc(N)c1F. The lowest BCUT2D eigenvalue weighted by Crippen LogP contribution is -2.41. The highest BCUT2D eigenvalue weighted by molar-refractivity contribution is 6.62. The van der Waals surface area contributed by atoms with Gasteiger partial charge in [0.2, 0.25) is 0 Å². The van der Waals surface area contributed by atoms with Gasteiger partial charge in [-0.15, -0.1) is 0 Å². The van der Waals surface area contributed by atoms with Crippen molar-refractivity contribution >= 4 is 24.2 Å². The highest BCUT2D eigenvalue weighted by Gasteiger charge is 2.52. The molecule has 1 aromatic carbocycles. The summed E-state index contributed by atoms with van der Waals surface area (Å²) < 4.78 is 30.2. The van der Waals surface area contributed by atoms with Gasteiger partial charge in [0.1, 0.15) is 0 Å². The molecule has 1 aliphatic heterocycles. The zero-order valence-corrected chi connectivity index (χ0v) is 12.8. The molecule has 1 aromatic rings. The molecular formula is C14H19BFNO4. The van der Waals surface area contributed by atoms with E-state index < -0.39 is 30.1 Å². The maximum atomic E-state index is 13.9. The molecule has 7 heteroatoms. The number of carbonyl (C=O) groups excluding carboxylic acids is 1. The van der Waals surface area contributed by atoms with Crippen molar-refractivity contribution in [2.45, 2.75) is 38.9 Å². The Bertz CT molecular complexity index is 573. The standard InChI is InChI=1S/C14H19BFNO4/c1-13(2)14(3,4)21-15(20-13)8-6-9(12(18)19-5)11(16)10(17)7-8/h6-7H,17H2,1-5H3. The van der Waals surface area contributed by atoms with Gasteiger partial charge in [0.15, 0.2) is 5.82 Å². The fourth-order valence-corrected chi connectivity index (χ4v) is 2.04. The largest absolute Gasteiger partial charge is 0.494 e. The topological polar surface area (TPSA) is 70.8 Å². The quantitative estimate of drug-likeness (QED) is 0.508. The number of ether oxygens (including phenoxy) is 1. The number of halogens is 1. The number of rotatable bonds is 2. The number of esters is 1. The predicted molar refractivity (Wildman–Crippen MR) is 77.9 cm³/mol. The molecule has 5 nitrogen and oxygen atoms in total. The first kappa shape index (κ1) is 15.8. The first-order valence-electron chi connectivity index (χ1n) is 6.62. The van der Waals surface area contributed by atoms with Crippen molar-refractivity contribution in [2.24, 2.45) is 0 Å². The third-order valence-corrected chi connectivity index (χ3v) is 4.05. The number of hydrogen-bond acceptors (Lipinski definition) is 5. The van der Waals surface area contributed by atoms with Crippen molar-refractivity contribution in [3.05, 3.63) is 23.5 Å². The average Bonchev–Trinajstić information content (AvgIpc) is 2.60. The molecule has 0 aliphatic carbocycles. The van der Waals surface area contributed by atoms with Crippen LogP contribution in [0.15, 0.2) is 12.1 Å². The maximum Gasteiger partial charge on any atom is 0.494 e. The molecule has 2 N–H and O–H groups in total. The fraction of sp³-hybridized carbons (Fsp3) is 0.500. The van der Waals surface area contributed by atoms with Gasteiger partial charge in [0.25, 0.3) is 0 Å². The normalized spacial score (nSPS) is 19.6. The van der Waals surface area contributed by atoms with Crippen LogP contribution >= 0.6 is 0 Å². The second-order valence-electron chi connectivity index (χ2n) is 6.05. The number of nitrogen functional groups attached to an aromatic ring is 1. The minimum atomic E-state index is -0.804. The molecule has 0 atom stereocenters. The lowest BCUT2D eigenvalue weighted by molar-refractivity contribution is 0.00578. The van der Waals surface area contributed by atoms with Gasteiger partial charge in [-0.05, 0) is 45.3 Å². The van der Waals surface area contributed by atoms with E-state index in [1.54, 1.807) is 0 Å². The highest BCUT2D eigenvalue weighted by atomic mass is 19.1. The summed E-state index contributed by atoms with van der Waals surface area (Å²) in [5.41, 5.74) is 4.65. The van der Waals surface area contributed by atoms with E-state index in [9.17, 15) is 9.18 Å². The van der Waals surface area contributed by atoms with Gasteiger partial charge in [-0.25, -0.2) is 9.18 Å². The molecule has 1 saturated heterocycles. The van der Waals surface area contributed by atoms with Crippen LogP contribution < -0.4 is 11.2 Å². The molecule has 0 unspecified atom stereocenters. The summed E-state index contributed by atoms with van der Waals surface area (Å²) in [7, 11) is 0.459. The fourth-order valence-electron chi connectivity index (χ4n) is 2.04. The van der Waals surface area contributed by atoms with Gasteiger partial charge in [-0.1, -0.05) is 0 Å². The molecule has 0 amide bonds. The molecule has 21 heavy (non-hydrogen) atoms. The van der Waals surface area contributed by atoms with Gasteiger partial charge in [0.05, 0.1) is 29.6 Å². The molecular weight excluding hydrogens is 276 g/mol. The molecule has 0 saturated carbocycles. The molecule has 0 spiro atoms. The van der Waals surface area contributed by atoms with Gasteiger partial charge in [0, 0.05) is 0 Å². The van der Waals surface area contributed by atoms with E-state index in [-0.39, 0.29) is 11.3 Å². The minimum absolute atomic E-state index is 0.150. The summed E-state index contributed by atoms with van der Waals surface area (Å²) >= 11 is 0. The van der Waals surface area contributed by atoms with Crippen molar-refractivity contribution in [2.75, 3.05) is 12.8 Å². The minimum Gasteiger partial charge on any atom is -0.465 e. The third-order valence-electron chi connectivity index (χ3n) is 4.05. The zero-order chi connectivity index (χ0) is 16.0. The van der Waals surface area contributed by atoms with Gasteiger partial charge < -0.3 is 19.8 Å². The molecule has 1 aliphatic rings. The molecule has 1 fully saturated rings. The van der Waals surface area contributed by atoms with Crippen LogP contribution in [0.1, 0.15) is 38.1 Å². The smallest absolute Gasteiger partial charge is 0.465 e. The van der Waals surface area contributed by atoms with Gasteiger partial charge >= 0.3 is 13.1 Å².